The minimum atomic E-state index is -1.05. The van der Waals surface area contributed by atoms with E-state index in [4.69, 9.17) is 5.11 Å². The molecule has 1 aliphatic rings. The fourth-order valence-electron chi connectivity index (χ4n) is 2.41. The van der Waals surface area contributed by atoms with Gasteiger partial charge in [0.05, 0.1) is 0 Å². The Morgan fingerprint density at radius 2 is 1.95 bits per heavy atom. The van der Waals surface area contributed by atoms with Crippen LogP contribution in [0.25, 0.3) is 0 Å². The van der Waals surface area contributed by atoms with E-state index in [2.05, 4.69) is 5.43 Å². The monoisotopic (exact) mass is 265 g/mol. The predicted molar refractivity (Wildman–Crippen MR) is 67.1 cm³/mol. The van der Waals surface area contributed by atoms with E-state index in [0.29, 0.717) is 19.4 Å². The number of hydrogen-bond donors (Lipinski definition) is 3. The van der Waals surface area contributed by atoms with Gasteiger partial charge in [0, 0.05) is 12.0 Å². The Bertz CT molecular complexity index is 477. The molecule has 6 nitrogen and oxygen atoms in total. The normalized spacial score (nSPS) is 26.8. The Balaban J connectivity index is 2.23. The van der Waals surface area contributed by atoms with Crippen molar-refractivity contribution >= 4 is 12.1 Å². The van der Waals surface area contributed by atoms with Gasteiger partial charge in [-0.15, -0.1) is 10.0 Å². The summed E-state index contributed by atoms with van der Waals surface area (Å²) in [5.41, 5.74) is 3.62. The molecule has 2 rings (SSSR count). The Hall–Kier alpha value is -1.92. The van der Waals surface area contributed by atoms with Gasteiger partial charge < -0.3 is 10.2 Å². The summed E-state index contributed by atoms with van der Waals surface area (Å²) >= 11 is 0. The first-order valence-electron chi connectivity index (χ1n) is 6.18. The average molecular weight is 265 g/mol. The standard InChI is InChI=1S/C13H16N2O4/c16-12(17)11-7-4-8-15(14-11,13(18)19)9-10-5-2-1-3-6-10/h1-3,5-6,11,14H,4,7-9H2,(H-,16,17,18,19)/p+1/t11?,15-/m1/s1. The van der Waals surface area contributed by atoms with E-state index >= 15 is 0 Å². The minimum absolute atomic E-state index is 0.236. The quantitative estimate of drug-likeness (QED) is 0.720. The molecule has 19 heavy (non-hydrogen) atoms. The molecule has 1 fully saturated rings. The van der Waals surface area contributed by atoms with E-state index < -0.39 is 22.7 Å². The molecule has 1 saturated heterocycles. The molecule has 1 heterocycles. The second-order valence-corrected chi connectivity index (χ2v) is 4.78. The van der Waals surface area contributed by atoms with Gasteiger partial charge in [0.2, 0.25) is 0 Å². The van der Waals surface area contributed by atoms with Gasteiger partial charge in [-0.05, 0) is 6.42 Å². The summed E-state index contributed by atoms with van der Waals surface area (Å²) in [7, 11) is 0. The first-order chi connectivity index (χ1) is 9.03. The van der Waals surface area contributed by atoms with Gasteiger partial charge >= 0.3 is 12.1 Å². The molecular formula is C13H17N2O4+. The third kappa shape index (κ3) is 2.91. The lowest BCUT2D eigenvalue weighted by Crippen LogP contribution is -2.68. The van der Waals surface area contributed by atoms with E-state index in [1.54, 1.807) is 0 Å². The molecule has 2 atom stereocenters. The van der Waals surface area contributed by atoms with E-state index in [0.717, 1.165) is 5.56 Å². The lowest BCUT2D eigenvalue weighted by molar-refractivity contribution is -0.921. The van der Waals surface area contributed by atoms with Crippen molar-refractivity contribution in [2.24, 2.45) is 0 Å². The molecule has 6 heteroatoms. The van der Waals surface area contributed by atoms with Crippen LogP contribution in [0, 0.1) is 0 Å². The van der Waals surface area contributed by atoms with E-state index in [1.165, 1.54) is 0 Å². The van der Waals surface area contributed by atoms with Gasteiger partial charge in [-0.3, -0.25) is 4.79 Å². The lowest BCUT2D eigenvalue weighted by Gasteiger charge is -2.38. The van der Waals surface area contributed by atoms with Crippen LogP contribution in [0.4, 0.5) is 4.79 Å². The zero-order valence-corrected chi connectivity index (χ0v) is 10.5. The summed E-state index contributed by atoms with van der Waals surface area (Å²) in [4.78, 5) is 22.6. The third-order valence-corrected chi connectivity index (χ3v) is 3.40. The first kappa shape index (κ1) is 13.5. The highest BCUT2D eigenvalue weighted by Gasteiger charge is 2.44. The highest BCUT2D eigenvalue weighted by Crippen LogP contribution is 2.20. The van der Waals surface area contributed by atoms with Crippen LogP contribution in [0.2, 0.25) is 0 Å². The van der Waals surface area contributed by atoms with Crippen molar-refractivity contribution in [1.82, 2.24) is 5.43 Å². The summed E-state index contributed by atoms with van der Waals surface area (Å²) in [6.45, 7) is 0.619. The topological polar surface area (TPSA) is 86.6 Å². The third-order valence-electron chi connectivity index (χ3n) is 3.40. The van der Waals surface area contributed by atoms with Crippen LogP contribution in [0.3, 0.4) is 0 Å². The SMILES string of the molecule is O=C(O)C1CCC[N@@+](Cc2ccccc2)(C(=O)O)N1. The molecule has 1 amide bonds. The molecule has 0 bridgehead atoms. The largest absolute Gasteiger partial charge is 0.533 e. The number of carboxylic acids is 1. The maximum Gasteiger partial charge on any atom is 0.533 e. The number of nitrogens with one attached hydrogen (secondary N) is 1. The maximum absolute atomic E-state index is 11.6. The second-order valence-electron chi connectivity index (χ2n) is 4.78. The fraction of sp³-hybridized carbons (Fsp3) is 0.385. The molecule has 1 aromatic carbocycles. The second kappa shape index (κ2) is 5.38. The van der Waals surface area contributed by atoms with Crippen LogP contribution in [-0.4, -0.2) is 39.5 Å². The average Bonchev–Trinajstić information content (AvgIpc) is 2.40. The molecule has 0 aliphatic carbocycles. The molecule has 0 aromatic heterocycles. The van der Waals surface area contributed by atoms with E-state index in [-0.39, 0.29) is 6.54 Å². The minimum Gasteiger partial charge on any atom is -0.480 e. The lowest BCUT2D eigenvalue weighted by atomic mass is 10.1. The van der Waals surface area contributed by atoms with Crippen molar-refractivity contribution in [2.75, 3.05) is 6.54 Å². The number of amides is 1. The highest BCUT2D eigenvalue weighted by molar-refractivity contribution is 5.73. The van der Waals surface area contributed by atoms with Crippen LogP contribution in [0.1, 0.15) is 18.4 Å². The van der Waals surface area contributed by atoms with Crippen LogP contribution in [-0.2, 0) is 11.3 Å². The van der Waals surface area contributed by atoms with Gasteiger partial charge in [0.15, 0.2) is 6.04 Å². The Morgan fingerprint density at radius 1 is 1.26 bits per heavy atom. The van der Waals surface area contributed by atoms with Crippen LogP contribution in [0.5, 0.6) is 0 Å². The number of hydrogen-bond acceptors (Lipinski definition) is 3. The van der Waals surface area contributed by atoms with Crippen molar-refractivity contribution in [3.05, 3.63) is 35.9 Å². The number of quaternary nitrogens is 1. The summed E-state index contributed by atoms with van der Waals surface area (Å²) in [6.07, 6.45) is -0.0182. The molecular weight excluding hydrogens is 248 g/mol. The van der Waals surface area contributed by atoms with Gasteiger partial charge in [0.1, 0.15) is 13.1 Å². The Morgan fingerprint density at radius 3 is 2.53 bits per heavy atom. The molecule has 3 N–H and O–H groups in total. The molecule has 0 spiro atoms. The zero-order valence-electron chi connectivity index (χ0n) is 10.5. The fourth-order valence-corrected chi connectivity index (χ4v) is 2.41. The molecule has 1 aliphatic heterocycles. The summed E-state index contributed by atoms with van der Waals surface area (Å²) < 4.78 is -0.430. The molecule has 102 valence electrons. The smallest absolute Gasteiger partial charge is 0.480 e. The van der Waals surface area contributed by atoms with Crippen molar-refractivity contribution in [1.29, 1.82) is 0 Å². The number of benzene rings is 1. The van der Waals surface area contributed by atoms with Gasteiger partial charge in [-0.2, -0.15) is 4.79 Å². The maximum atomic E-state index is 11.6. The summed E-state index contributed by atoms with van der Waals surface area (Å²) in [5.74, 6) is -1.00. The van der Waals surface area contributed by atoms with Crippen LogP contribution < -0.4 is 5.43 Å². The number of rotatable bonds is 3. The van der Waals surface area contributed by atoms with E-state index in [9.17, 15) is 14.7 Å². The Kier molecular flexibility index (Phi) is 3.82. The van der Waals surface area contributed by atoms with Crippen molar-refractivity contribution in [3.8, 4) is 0 Å². The van der Waals surface area contributed by atoms with Gasteiger partial charge in [-0.1, -0.05) is 30.3 Å². The van der Waals surface area contributed by atoms with Crippen molar-refractivity contribution < 1.29 is 24.4 Å². The number of aliphatic carboxylic acids is 1. The number of carboxylic acid groups (broad SMARTS) is 2. The highest BCUT2D eigenvalue weighted by atomic mass is 16.4. The summed E-state index contributed by atoms with van der Waals surface area (Å²) in [5, 5.41) is 18.5. The first-order valence-corrected chi connectivity index (χ1v) is 6.18. The zero-order chi connectivity index (χ0) is 13.9. The van der Waals surface area contributed by atoms with Gasteiger partial charge in [-0.25, -0.2) is 0 Å². The molecule has 0 radical (unpaired) electrons. The van der Waals surface area contributed by atoms with E-state index in [1.807, 2.05) is 30.3 Å². The van der Waals surface area contributed by atoms with Crippen LogP contribution >= 0.6 is 0 Å². The Labute approximate surface area is 110 Å². The molecule has 0 saturated carbocycles. The van der Waals surface area contributed by atoms with Crippen LogP contribution in [0.15, 0.2) is 30.3 Å². The summed E-state index contributed by atoms with van der Waals surface area (Å²) in [6, 6.07) is 8.41. The van der Waals surface area contributed by atoms with Crippen molar-refractivity contribution in [2.45, 2.75) is 25.4 Å². The van der Waals surface area contributed by atoms with Gasteiger partial charge in [0.25, 0.3) is 0 Å². The molecule has 1 unspecified atom stereocenters. The number of carbonyl (C=O) groups is 2. The molecule has 1 aromatic rings. The van der Waals surface area contributed by atoms with Crippen molar-refractivity contribution in [3.63, 3.8) is 0 Å². The predicted octanol–water partition coefficient (Wildman–Crippen LogP) is 1.43. The number of nitrogens with zero attached hydrogens (tertiary/aromatic N) is 1.